The Bertz CT molecular complexity index is 577. The number of aromatic carboxylic acids is 1. The summed E-state index contributed by atoms with van der Waals surface area (Å²) in [5.74, 6) is -2.56. The molecule has 1 aromatic carbocycles. The second-order valence-electron chi connectivity index (χ2n) is 5.23. The predicted octanol–water partition coefficient (Wildman–Crippen LogP) is 1.40. The Kier molecular flexibility index (Phi) is 5.10. The molecule has 0 radical (unpaired) electrons. The van der Waals surface area contributed by atoms with E-state index in [1.54, 1.807) is 7.11 Å². The van der Waals surface area contributed by atoms with Crippen LogP contribution in [0.15, 0.2) is 18.2 Å². The first-order valence-electron chi connectivity index (χ1n) is 6.89. The van der Waals surface area contributed by atoms with Gasteiger partial charge in [-0.1, -0.05) is 0 Å². The van der Waals surface area contributed by atoms with Crippen molar-refractivity contribution in [1.82, 2.24) is 4.90 Å². The second-order valence-corrected chi connectivity index (χ2v) is 5.23. The number of ether oxygens (including phenoxy) is 2. The van der Waals surface area contributed by atoms with Crippen molar-refractivity contribution in [2.24, 2.45) is 0 Å². The smallest absolute Gasteiger partial charge is 0.335 e. The molecule has 1 fully saturated rings. The third-order valence-electron chi connectivity index (χ3n) is 3.41. The van der Waals surface area contributed by atoms with Gasteiger partial charge in [0.2, 0.25) is 0 Å². The fraction of sp³-hybridized carbons (Fsp3) is 0.467. The maximum atomic E-state index is 14.0. The first kappa shape index (κ1) is 16.4. The van der Waals surface area contributed by atoms with Crippen LogP contribution in [0.5, 0.6) is 0 Å². The molecule has 2 rings (SSSR count). The van der Waals surface area contributed by atoms with Crippen LogP contribution in [0.2, 0.25) is 0 Å². The standard InChI is InChI=1S/C15H18FNO5/c1-9-6-17(7-11(22-9)8-21-2)14(18)12-4-3-10(15(19)20)5-13(12)16/h3-5,9,11H,6-8H2,1-2H3,(H,19,20). The molecule has 6 nitrogen and oxygen atoms in total. The summed E-state index contributed by atoms with van der Waals surface area (Å²) in [6.45, 7) is 2.82. The fourth-order valence-corrected chi connectivity index (χ4v) is 2.48. The van der Waals surface area contributed by atoms with E-state index < -0.39 is 17.7 Å². The summed E-state index contributed by atoms with van der Waals surface area (Å²) in [7, 11) is 1.54. The molecule has 1 heterocycles. The molecule has 1 aliphatic heterocycles. The summed E-state index contributed by atoms with van der Waals surface area (Å²) >= 11 is 0. The lowest BCUT2D eigenvalue weighted by Gasteiger charge is -2.36. The van der Waals surface area contributed by atoms with E-state index in [4.69, 9.17) is 14.6 Å². The normalized spacial score (nSPS) is 21.7. The summed E-state index contributed by atoms with van der Waals surface area (Å²) < 4.78 is 24.7. The van der Waals surface area contributed by atoms with Crippen LogP contribution >= 0.6 is 0 Å². The second kappa shape index (κ2) is 6.85. The number of methoxy groups -OCH3 is 1. The number of nitrogens with zero attached hydrogens (tertiary/aromatic N) is 1. The number of halogens is 1. The first-order valence-corrected chi connectivity index (χ1v) is 6.89. The van der Waals surface area contributed by atoms with E-state index in [0.717, 1.165) is 6.07 Å². The maximum Gasteiger partial charge on any atom is 0.335 e. The van der Waals surface area contributed by atoms with Gasteiger partial charge in [0.1, 0.15) is 5.82 Å². The maximum absolute atomic E-state index is 14.0. The molecule has 0 saturated carbocycles. The Morgan fingerprint density at radius 3 is 2.77 bits per heavy atom. The van der Waals surface area contributed by atoms with Crippen LogP contribution in [0.4, 0.5) is 4.39 Å². The highest BCUT2D eigenvalue weighted by molar-refractivity contribution is 5.96. The molecule has 22 heavy (non-hydrogen) atoms. The highest BCUT2D eigenvalue weighted by Gasteiger charge is 2.30. The molecule has 0 aliphatic carbocycles. The van der Waals surface area contributed by atoms with Crippen molar-refractivity contribution in [2.75, 3.05) is 26.8 Å². The molecule has 1 aliphatic rings. The molecule has 1 N–H and O–H groups in total. The van der Waals surface area contributed by atoms with Crippen LogP contribution in [0.25, 0.3) is 0 Å². The van der Waals surface area contributed by atoms with Gasteiger partial charge in [-0.25, -0.2) is 9.18 Å². The SMILES string of the molecule is COCC1CN(C(=O)c2ccc(C(=O)O)cc2F)CC(C)O1. The predicted molar refractivity (Wildman–Crippen MR) is 75.5 cm³/mol. The van der Waals surface area contributed by atoms with Gasteiger partial charge in [0.25, 0.3) is 5.91 Å². The van der Waals surface area contributed by atoms with Gasteiger partial charge >= 0.3 is 5.97 Å². The van der Waals surface area contributed by atoms with Crippen LogP contribution in [0, 0.1) is 5.82 Å². The number of hydrogen-bond acceptors (Lipinski definition) is 4. The molecule has 0 spiro atoms. The van der Waals surface area contributed by atoms with Crippen LogP contribution in [0.3, 0.4) is 0 Å². The first-order chi connectivity index (χ1) is 10.4. The van der Waals surface area contributed by atoms with Crippen molar-refractivity contribution >= 4 is 11.9 Å². The molecule has 0 bridgehead atoms. The van der Waals surface area contributed by atoms with Crippen LogP contribution in [-0.4, -0.2) is 60.9 Å². The quantitative estimate of drug-likeness (QED) is 0.909. The third kappa shape index (κ3) is 3.61. The molecular weight excluding hydrogens is 293 g/mol. The molecule has 7 heteroatoms. The Morgan fingerprint density at radius 1 is 1.45 bits per heavy atom. The summed E-state index contributed by atoms with van der Waals surface area (Å²) in [5.41, 5.74) is -0.336. The van der Waals surface area contributed by atoms with E-state index in [2.05, 4.69) is 0 Å². The zero-order valence-corrected chi connectivity index (χ0v) is 12.4. The molecule has 2 atom stereocenters. The lowest BCUT2D eigenvalue weighted by molar-refractivity contribution is -0.0919. The van der Waals surface area contributed by atoms with Gasteiger partial charge in [0.15, 0.2) is 0 Å². The molecular formula is C15H18FNO5. The highest BCUT2D eigenvalue weighted by Crippen LogP contribution is 2.18. The lowest BCUT2D eigenvalue weighted by Crippen LogP contribution is -2.50. The number of rotatable bonds is 4. The summed E-state index contributed by atoms with van der Waals surface area (Å²) in [5, 5.41) is 8.82. The number of carboxylic acid groups (broad SMARTS) is 1. The fourth-order valence-electron chi connectivity index (χ4n) is 2.48. The van der Waals surface area contributed by atoms with Crippen LogP contribution in [-0.2, 0) is 9.47 Å². The minimum atomic E-state index is -1.24. The summed E-state index contributed by atoms with van der Waals surface area (Å²) in [6.07, 6.45) is -0.446. The monoisotopic (exact) mass is 311 g/mol. The molecule has 1 saturated heterocycles. The van der Waals surface area contributed by atoms with Crippen LogP contribution in [0.1, 0.15) is 27.6 Å². The number of carbonyl (C=O) groups is 2. The molecule has 0 aromatic heterocycles. The lowest BCUT2D eigenvalue weighted by atomic mass is 10.1. The van der Waals surface area contributed by atoms with Crippen LogP contribution < -0.4 is 0 Å². The number of carbonyl (C=O) groups excluding carboxylic acids is 1. The zero-order valence-electron chi connectivity index (χ0n) is 12.4. The van der Waals surface area contributed by atoms with Gasteiger partial charge < -0.3 is 19.5 Å². The minimum Gasteiger partial charge on any atom is -0.478 e. The Balaban J connectivity index is 2.18. The minimum absolute atomic E-state index is 0.143. The van der Waals surface area contributed by atoms with E-state index >= 15 is 0 Å². The summed E-state index contributed by atoms with van der Waals surface area (Å²) in [4.78, 5) is 24.7. The van der Waals surface area contributed by atoms with E-state index in [1.807, 2.05) is 6.92 Å². The third-order valence-corrected chi connectivity index (χ3v) is 3.41. The van der Waals surface area contributed by atoms with Gasteiger partial charge in [-0.05, 0) is 25.1 Å². The molecule has 120 valence electrons. The van der Waals surface area contributed by atoms with Crippen molar-refractivity contribution in [3.63, 3.8) is 0 Å². The largest absolute Gasteiger partial charge is 0.478 e. The van der Waals surface area contributed by atoms with Crippen molar-refractivity contribution in [3.05, 3.63) is 35.1 Å². The van der Waals surface area contributed by atoms with E-state index in [-0.39, 0.29) is 23.3 Å². The van der Waals surface area contributed by atoms with E-state index in [1.165, 1.54) is 17.0 Å². The topological polar surface area (TPSA) is 76.1 Å². The van der Waals surface area contributed by atoms with Gasteiger partial charge in [0, 0.05) is 20.2 Å². The number of amides is 1. The van der Waals surface area contributed by atoms with Crippen molar-refractivity contribution in [1.29, 1.82) is 0 Å². The van der Waals surface area contributed by atoms with E-state index in [0.29, 0.717) is 19.7 Å². The van der Waals surface area contributed by atoms with Crippen molar-refractivity contribution in [2.45, 2.75) is 19.1 Å². The van der Waals surface area contributed by atoms with E-state index in [9.17, 15) is 14.0 Å². The number of benzene rings is 1. The zero-order chi connectivity index (χ0) is 16.3. The molecule has 2 unspecified atom stereocenters. The molecule has 1 aromatic rings. The average molecular weight is 311 g/mol. The highest BCUT2D eigenvalue weighted by atomic mass is 19.1. The number of carboxylic acids is 1. The summed E-state index contributed by atoms with van der Waals surface area (Å²) in [6, 6.07) is 3.27. The Hall–Kier alpha value is -1.99. The Labute approximate surface area is 127 Å². The van der Waals surface area contributed by atoms with Gasteiger partial charge in [-0.2, -0.15) is 0 Å². The van der Waals surface area contributed by atoms with Gasteiger partial charge in [0.05, 0.1) is 29.9 Å². The average Bonchev–Trinajstić information content (AvgIpc) is 2.46. The number of hydrogen-bond donors (Lipinski definition) is 1. The van der Waals surface area contributed by atoms with Gasteiger partial charge in [-0.15, -0.1) is 0 Å². The van der Waals surface area contributed by atoms with Crippen molar-refractivity contribution in [3.8, 4) is 0 Å². The molecule has 1 amide bonds. The Morgan fingerprint density at radius 2 is 2.18 bits per heavy atom. The van der Waals surface area contributed by atoms with Crippen molar-refractivity contribution < 1.29 is 28.6 Å². The number of morpholine rings is 1. The van der Waals surface area contributed by atoms with Gasteiger partial charge in [-0.3, -0.25) is 4.79 Å².